The molecule has 102 valence electrons. The molecule has 0 radical (unpaired) electrons. The zero-order valence-electron chi connectivity index (χ0n) is 12.4. The van der Waals surface area contributed by atoms with Gasteiger partial charge in [-0.25, -0.2) is 0 Å². The van der Waals surface area contributed by atoms with E-state index in [-0.39, 0.29) is 6.04 Å². The van der Waals surface area contributed by atoms with Crippen molar-refractivity contribution in [2.45, 2.75) is 46.6 Å². The number of nitrogens with one attached hydrogen (secondary N) is 1. The van der Waals surface area contributed by atoms with Crippen LogP contribution in [0.4, 0.5) is 5.69 Å². The number of aryl methyl sites for hydroxylation is 2. The molecule has 1 heterocycles. The number of hydrogen-bond acceptors (Lipinski definition) is 2. The molecule has 0 aliphatic rings. The minimum atomic E-state index is 0.248. The molecule has 1 aromatic carbocycles. The number of benzene rings is 1. The highest BCUT2D eigenvalue weighted by molar-refractivity contribution is 5.54. The van der Waals surface area contributed by atoms with Gasteiger partial charge in [-0.1, -0.05) is 32.0 Å². The third kappa shape index (κ3) is 3.01. The van der Waals surface area contributed by atoms with Crippen molar-refractivity contribution in [1.29, 1.82) is 0 Å². The van der Waals surface area contributed by atoms with Gasteiger partial charge in [-0.15, -0.1) is 0 Å². The van der Waals surface area contributed by atoms with E-state index in [4.69, 9.17) is 4.42 Å². The first-order valence-electron chi connectivity index (χ1n) is 6.91. The molecule has 19 heavy (non-hydrogen) atoms. The molecule has 0 spiro atoms. The topological polar surface area (TPSA) is 25.2 Å². The summed E-state index contributed by atoms with van der Waals surface area (Å²) in [4.78, 5) is 0. The first kappa shape index (κ1) is 13.7. The fourth-order valence-electron chi connectivity index (χ4n) is 2.52. The molecule has 0 saturated carbocycles. The van der Waals surface area contributed by atoms with Gasteiger partial charge >= 0.3 is 0 Å². The minimum absolute atomic E-state index is 0.248. The summed E-state index contributed by atoms with van der Waals surface area (Å²) in [7, 11) is 0. The molecular formula is C17H23NO. The van der Waals surface area contributed by atoms with E-state index in [0.29, 0.717) is 5.92 Å². The predicted molar refractivity (Wildman–Crippen MR) is 80.8 cm³/mol. The summed E-state index contributed by atoms with van der Waals surface area (Å²) in [5.74, 6) is 2.49. The van der Waals surface area contributed by atoms with Crippen LogP contribution < -0.4 is 5.32 Å². The molecule has 1 N–H and O–H groups in total. The van der Waals surface area contributed by atoms with Crippen LogP contribution in [0.3, 0.4) is 0 Å². The average molecular weight is 257 g/mol. The van der Waals surface area contributed by atoms with Crippen molar-refractivity contribution in [3.05, 3.63) is 53.0 Å². The molecule has 0 amide bonds. The molecule has 2 heteroatoms. The molecule has 0 fully saturated rings. The third-order valence-corrected chi connectivity index (χ3v) is 3.50. The second kappa shape index (κ2) is 5.52. The van der Waals surface area contributed by atoms with Gasteiger partial charge in [0.05, 0.1) is 6.04 Å². The Labute approximate surface area is 115 Å². The third-order valence-electron chi connectivity index (χ3n) is 3.50. The van der Waals surface area contributed by atoms with Crippen molar-refractivity contribution < 1.29 is 4.42 Å². The van der Waals surface area contributed by atoms with Gasteiger partial charge < -0.3 is 9.73 Å². The average Bonchev–Trinajstić information content (AvgIpc) is 2.69. The van der Waals surface area contributed by atoms with Crippen LogP contribution in [0.25, 0.3) is 0 Å². The summed E-state index contributed by atoms with van der Waals surface area (Å²) in [6.45, 7) is 10.6. The second-order valence-electron chi connectivity index (χ2n) is 5.48. The van der Waals surface area contributed by atoms with Crippen LogP contribution in [-0.4, -0.2) is 0 Å². The lowest BCUT2D eigenvalue weighted by Gasteiger charge is -2.19. The first-order chi connectivity index (χ1) is 8.99. The van der Waals surface area contributed by atoms with Gasteiger partial charge in [0.2, 0.25) is 0 Å². The summed E-state index contributed by atoms with van der Waals surface area (Å²) in [6.07, 6.45) is 0. The van der Waals surface area contributed by atoms with Crippen molar-refractivity contribution in [3.8, 4) is 0 Å². The van der Waals surface area contributed by atoms with Gasteiger partial charge in [0.1, 0.15) is 11.5 Å². The molecular weight excluding hydrogens is 234 g/mol. The molecule has 1 atom stereocenters. The van der Waals surface area contributed by atoms with Crippen molar-refractivity contribution >= 4 is 5.69 Å². The highest BCUT2D eigenvalue weighted by Gasteiger charge is 2.14. The van der Waals surface area contributed by atoms with E-state index in [1.54, 1.807) is 0 Å². The van der Waals surface area contributed by atoms with Crippen LogP contribution in [0.2, 0.25) is 0 Å². The normalized spacial score (nSPS) is 12.7. The van der Waals surface area contributed by atoms with Gasteiger partial charge in [0.25, 0.3) is 0 Å². The number of anilines is 1. The Morgan fingerprint density at radius 1 is 1.00 bits per heavy atom. The van der Waals surface area contributed by atoms with Gasteiger partial charge in [0, 0.05) is 11.3 Å². The monoisotopic (exact) mass is 257 g/mol. The van der Waals surface area contributed by atoms with Crippen LogP contribution >= 0.6 is 0 Å². The smallest absolute Gasteiger partial charge is 0.106 e. The maximum atomic E-state index is 5.61. The summed E-state index contributed by atoms with van der Waals surface area (Å²) in [5, 5.41) is 3.60. The lowest BCUT2D eigenvalue weighted by molar-refractivity contribution is 0.500. The molecule has 2 nitrogen and oxygen atoms in total. The predicted octanol–water partition coefficient (Wildman–Crippen LogP) is 5.19. The van der Waals surface area contributed by atoms with E-state index < -0.39 is 0 Å². The molecule has 2 aromatic rings. The standard InChI is InChI=1S/C17H23NO/c1-11(2)15-8-6-7-9-17(15)18-13(4)16-10-12(3)19-14(16)5/h6-11,13,18H,1-5H3. The van der Waals surface area contributed by atoms with E-state index in [1.165, 1.54) is 16.8 Å². The van der Waals surface area contributed by atoms with E-state index in [2.05, 4.69) is 56.4 Å². The summed E-state index contributed by atoms with van der Waals surface area (Å²) in [6, 6.07) is 10.9. The molecule has 2 rings (SSSR count). The van der Waals surface area contributed by atoms with Crippen molar-refractivity contribution in [2.75, 3.05) is 5.32 Å². The Kier molecular flexibility index (Phi) is 3.98. The number of rotatable bonds is 4. The molecule has 1 unspecified atom stereocenters. The summed E-state index contributed by atoms with van der Waals surface area (Å²) < 4.78 is 5.61. The number of para-hydroxylation sites is 1. The van der Waals surface area contributed by atoms with Crippen LogP contribution in [0.1, 0.15) is 55.4 Å². The molecule has 1 aromatic heterocycles. The van der Waals surface area contributed by atoms with E-state index >= 15 is 0 Å². The van der Waals surface area contributed by atoms with Crippen LogP contribution in [0.5, 0.6) is 0 Å². The number of hydrogen-bond donors (Lipinski definition) is 1. The minimum Gasteiger partial charge on any atom is -0.466 e. The SMILES string of the molecule is Cc1cc(C(C)Nc2ccccc2C(C)C)c(C)o1. The lowest BCUT2D eigenvalue weighted by Crippen LogP contribution is -2.09. The van der Waals surface area contributed by atoms with Crippen LogP contribution in [0, 0.1) is 13.8 Å². The van der Waals surface area contributed by atoms with E-state index in [1.807, 2.05) is 13.8 Å². The molecule has 0 saturated heterocycles. The lowest BCUT2D eigenvalue weighted by atomic mass is 10.00. The quantitative estimate of drug-likeness (QED) is 0.815. The zero-order valence-corrected chi connectivity index (χ0v) is 12.4. The van der Waals surface area contributed by atoms with Crippen molar-refractivity contribution in [3.63, 3.8) is 0 Å². The van der Waals surface area contributed by atoms with Crippen LogP contribution in [-0.2, 0) is 0 Å². The summed E-state index contributed by atoms with van der Waals surface area (Å²) in [5.41, 5.74) is 3.80. The highest BCUT2D eigenvalue weighted by Crippen LogP contribution is 2.29. The Morgan fingerprint density at radius 2 is 1.68 bits per heavy atom. The highest BCUT2D eigenvalue weighted by atomic mass is 16.3. The molecule has 0 bridgehead atoms. The van der Waals surface area contributed by atoms with Crippen LogP contribution in [0.15, 0.2) is 34.7 Å². The zero-order chi connectivity index (χ0) is 14.0. The number of furan rings is 1. The van der Waals surface area contributed by atoms with Gasteiger partial charge in [-0.3, -0.25) is 0 Å². The van der Waals surface area contributed by atoms with Crippen molar-refractivity contribution in [1.82, 2.24) is 0 Å². The largest absolute Gasteiger partial charge is 0.466 e. The van der Waals surface area contributed by atoms with Gasteiger partial charge in [-0.2, -0.15) is 0 Å². The van der Waals surface area contributed by atoms with E-state index in [9.17, 15) is 0 Å². The fraction of sp³-hybridized carbons (Fsp3) is 0.412. The van der Waals surface area contributed by atoms with Gasteiger partial charge in [-0.05, 0) is 44.4 Å². The van der Waals surface area contributed by atoms with Gasteiger partial charge in [0.15, 0.2) is 0 Å². The van der Waals surface area contributed by atoms with Crippen molar-refractivity contribution in [2.24, 2.45) is 0 Å². The maximum absolute atomic E-state index is 5.61. The van der Waals surface area contributed by atoms with E-state index in [0.717, 1.165) is 11.5 Å². The Hall–Kier alpha value is -1.70. The maximum Gasteiger partial charge on any atom is 0.106 e. The Balaban J connectivity index is 2.24. The first-order valence-corrected chi connectivity index (χ1v) is 6.91. The fourth-order valence-corrected chi connectivity index (χ4v) is 2.52. The molecule has 0 aliphatic carbocycles. The second-order valence-corrected chi connectivity index (χ2v) is 5.48. The molecule has 0 aliphatic heterocycles. The summed E-state index contributed by atoms with van der Waals surface area (Å²) >= 11 is 0. The Bertz CT molecular complexity index is 554. The Morgan fingerprint density at radius 3 is 2.26 bits per heavy atom.